The molecule has 0 aliphatic heterocycles. The van der Waals surface area contributed by atoms with Crippen LogP contribution >= 0.6 is 0 Å². The predicted molar refractivity (Wildman–Crippen MR) is 76.4 cm³/mol. The highest BCUT2D eigenvalue weighted by atomic mass is 14.8. The second-order valence-corrected chi connectivity index (χ2v) is 4.42. The Labute approximate surface area is 109 Å². The molecule has 0 saturated heterocycles. The summed E-state index contributed by atoms with van der Waals surface area (Å²) in [6, 6.07) is 10.9. The van der Waals surface area contributed by atoms with Crippen LogP contribution in [0.5, 0.6) is 0 Å². The molecule has 1 N–H and O–H groups in total. The van der Waals surface area contributed by atoms with Gasteiger partial charge in [0.25, 0.3) is 0 Å². The van der Waals surface area contributed by atoms with E-state index in [1.54, 1.807) is 0 Å². The number of nitrogens with one attached hydrogen (secondary N) is 1. The number of aryl methyl sites for hydroxylation is 1. The first-order valence-electron chi connectivity index (χ1n) is 6.57. The van der Waals surface area contributed by atoms with E-state index >= 15 is 0 Å². The lowest BCUT2D eigenvalue weighted by Gasteiger charge is -2.07. The van der Waals surface area contributed by atoms with Crippen molar-refractivity contribution < 1.29 is 0 Å². The van der Waals surface area contributed by atoms with E-state index in [0.717, 1.165) is 19.5 Å². The fourth-order valence-corrected chi connectivity index (χ4v) is 1.98. The van der Waals surface area contributed by atoms with Gasteiger partial charge in [-0.1, -0.05) is 38.1 Å². The highest BCUT2D eigenvalue weighted by molar-refractivity contribution is 5.63. The van der Waals surface area contributed by atoms with Crippen molar-refractivity contribution in [2.75, 3.05) is 6.54 Å². The Hall–Kier alpha value is -1.67. The topological polar surface area (TPSA) is 24.9 Å². The zero-order chi connectivity index (χ0) is 12.8. The van der Waals surface area contributed by atoms with Crippen molar-refractivity contribution >= 4 is 0 Å². The Morgan fingerprint density at radius 3 is 2.61 bits per heavy atom. The van der Waals surface area contributed by atoms with Gasteiger partial charge in [0.15, 0.2) is 0 Å². The standard InChI is InChI=1S/C16H20N2/c1-3-13-6-5-7-15(8-13)16-9-14(10-17-4-2)11-18-12-16/h5-9,11-12,17H,3-4,10H2,1-2H3. The Morgan fingerprint density at radius 2 is 1.83 bits per heavy atom. The molecule has 1 aromatic carbocycles. The average molecular weight is 240 g/mol. The molecule has 0 amide bonds. The second-order valence-electron chi connectivity index (χ2n) is 4.42. The normalized spacial score (nSPS) is 10.6. The molecule has 0 bridgehead atoms. The van der Waals surface area contributed by atoms with Gasteiger partial charge in [0.05, 0.1) is 0 Å². The van der Waals surface area contributed by atoms with Gasteiger partial charge in [-0.25, -0.2) is 0 Å². The molecule has 0 spiro atoms. The molecule has 0 aliphatic rings. The van der Waals surface area contributed by atoms with Crippen molar-refractivity contribution in [1.29, 1.82) is 0 Å². The molecular formula is C16H20N2. The maximum Gasteiger partial charge on any atom is 0.0346 e. The summed E-state index contributed by atoms with van der Waals surface area (Å²) in [4.78, 5) is 4.33. The number of rotatable bonds is 5. The average Bonchev–Trinajstić information content (AvgIpc) is 2.45. The lowest BCUT2D eigenvalue weighted by molar-refractivity contribution is 0.724. The minimum Gasteiger partial charge on any atom is -0.313 e. The minimum atomic E-state index is 0.880. The summed E-state index contributed by atoms with van der Waals surface area (Å²) in [5.74, 6) is 0. The maximum absolute atomic E-state index is 4.33. The molecule has 2 rings (SSSR count). The molecule has 2 nitrogen and oxygen atoms in total. The van der Waals surface area contributed by atoms with Crippen LogP contribution in [0, 0.1) is 0 Å². The molecular weight excluding hydrogens is 220 g/mol. The van der Waals surface area contributed by atoms with E-state index in [1.807, 2.05) is 12.4 Å². The number of hydrogen-bond donors (Lipinski definition) is 1. The highest BCUT2D eigenvalue weighted by Gasteiger charge is 2.01. The molecule has 18 heavy (non-hydrogen) atoms. The van der Waals surface area contributed by atoms with Crippen LogP contribution in [0.3, 0.4) is 0 Å². The molecule has 1 heterocycles. The van der Waals surface area contributed by atoms with Gasteiger partial charge in [0.2, 0.25) is 0 Å². The molecule has 2 heteroatoms. The zero-order valence-corrected chi connectivity index (χ0v) is 11.1. The van der Waals surface area contributed by atoms with Gasteiger partial charge in [-0.2, -0.15) is 0 Å². The molecule has 0 atom stereocenters. The van der Waals surface area contributed by atoms with Crippen LogP contribution in [-0.2, 0) is 13.0 Å². The Bertz CT molecular complexity index is 506. The van der Waals surface area contributed by atoms with Crippen LogP contribution < -0.4 is 5.32 Å². The third-order valence-electron chi connectivity index (χ3n) is 3.04. The van der Waals surface area contributed by atoms with Crippen molar-refractivity contribution in [3.63, 3.8) is 0 Å². The van der Waals surface area contributed by atoms with E-state index < -0.39 is 0 Å². The van der Waals surface area contributed by atoms with E-state index in [4.69, 9.17) is 0 Å². The quantitative estimate of drug-likeness (QED) is 0.866. The monoisotopic (exact) mass is 240 g/mol. The van der Waals surface area contributed by atoms with Crippen LogP contribution in [0.25, 0.3) is 11.1 Å². The van der Waals surface area contributed by atoms with Crippen LogP contribution in [0.15, 0.2) is 42.7 Å². The van der Waals surface area contributed by atoms with Gasteiger partial charge in [0, 0.05) is 24.5 Å². The third-order valence-corrected chi connectivity index (χ3v) is 3.04. The summed E-state index contributed by atoms with van der Waals surface area (Å²) < 4.78 is 0. The number of hydrogen-bond acceptors (Lipinski definition) is 2. The summed E-state index contributed by atoms with van der Waals surface area (Å²) in [7, 11) is 0. The molecule has 0 radical (unpaired) electrons. The summed E-state index contributed by atoms with van der Waals surface area (Å²) in [6.45, 7) is 6.15. The summed E-state index contributed by atoms with van der Waals surface area (Å²) in [5, 5.41) is 3.33. The van der Waals surface area contributed by atoms with Crippen LogP contribution in [-0.4, -0.2) is 11.5 Å². The molecule has 2 aromatic rings. The van der Waals surface area contributed by atoms with Gasteiger partial charge >= 0.3 is 0 Å². The second kappa shape index (κ2) is 6.31. The lowest BCUT2D eigenvalue weighted by Crippen LogP contribution is -2.11. The third kappa shape index (κ3) is 3.17. The first kappa shape index (κ1) is 12.8. The predicted octanol–water partition coefficient (Wildman–Crippen LogP) is 3.42. The summed E-state index contributed by atoms with van der Waals surface area (Å²) in [5.41, 5.74) is 5.04. The van der Waals surface area contributed by atoms with E-state index in [9.17, 15) is 0 Å². The molecule has 94 valence electrons. The minimum absolute atomic E-state index is 0.880. The summed E-state index contributed by atoms with van der Waals surface area (Å²) in [6.07, 6.45) is 4.93. The molecule has 0 saturated carbocycles. The van der Waals surface area contributed by atoms with E-state index in [0.29, 0.717) is 0 Å². The van der Waals surface area contributed by atoms with Gasteiger partial charge in [0.1, 0.15) is 0 Å². The van der Waals surface area contributed by atoms with E-state index in [1.165, 1.54) is 22.3 Å². The SMILES string of the molecule is CCNCc1cncc(-c2cccc(CC)c2)c1. The first-order chi connectivity index (χ1) is 8.83. The van der Waals surface area contributed by atoms with Gasteiger partial charge in [-0.3, -0.25) is 4.98 Å². The molecule has 0 aliphatic carbocycles. The van der Waals surface area contributed by atoms with Crippen molar-refractivity contribution in [2.45, 2.75) is 26.8 Å². The highest BCUT2D eigenvalue weighted by Crippen LogP contribution is 2.20. The van der Waals surface area contributed by atoms with Crippen LogP contribution in [0.1, 0.15) is 25.0 Å². The molecule has 0 unspecified atom stereocenters. The zero-order valence-electron chi connectivity index (χ0n) is 11.1. The van der Waals surface area contributed by atoms with Crippen molar-refractivity contribution in [3.8, 4) is 11.1 Å². The van der Waals surface area contributed by atoms with E-state index in [-0.39, 0.29) is 0 Å². The number of nitrogens with zero attached hydrogens (tertiary/aromatic N) is 1. The van der Waals surface area contributed by atoms with Crippen molar-refractivity contribution in [3.05, 3.63) is 53.9 Å². The molecule has 0 fully saturated rings. The van der Waals surface area contributed by atoms with E-state index in [2.05, 4.69) is 54.5 Å². The van der Waals surface area contributed by atoms with Gasteiger partial charge in [-0.05, 0) is 35.7 Å². The summed E-state index contributed by atoms with van der Waals surface area (Å²) >= 11 is 0. The number of pyridine rings is 1. The van der Waals surface area contributed by atoms with Crippen molar-refractivity contribution in [1.82, 2.24) is 10.3 Å². The fraction of sp³-hybridized carbons (Fsp3) is 0.312. The largest absolute Gasteiger partial charge is 0.313 e. The van der Waals surface area contributed by atoms with Crippen LogP contribution in [0.4, 0.5) is 0 Å². The molecule has 1 aromatic heterocycles. The van der Waals surface area contributed by atoms with Crippen molar-refractivity contribution in [2.24, 2.45) is 0 Å². The maximum atomic E-state index is 4.33. The Balaban J connectivity index is 2.26. The van der Waals surface area contributed by atoms with Gasteiger partial charge in [-0.15, -0.1) is 0 Å². The number of benzene rings is 1. The number of aromatic nitrogens is 1. The Kier molecular flexibility index (Phi) is 4.48. The van der Waals surface area contributed by atoms with Crippen LogP contribution in [0.2, 0.25) is 0 Å². The first-order valence-corrected chi connectivity index (χ1v) is 6.57. The lowest BCUT2D eigenvalue weighted by atomic mass is 10.0. The Morgan fingerprint density at radius 1 is 1.00 bits per heavy atom. The smallest absolute Gasteiger partial charge is 0.0346 e. The fourth-order valence-electron chi connectivity index (χ4n) is 1.98. The van der Waals surface area contributed by atoms with Gasteiger partial charge < -0.3 is 5.32 Å².